The molecule has 29 heavy (non-hydrogen) atoms. The van der Waals surface area contributed by atoms with Gasteiger partial charge in [-0.15, -0.1) is 10.2 Å². The van der Waals surface area contributed by atoms with Crippen molar-refractivity contribution < 1.29 is 18.4 Å². The van der Waals surface area contributed by atoms with Crippen LogP contribution in [0.4, 0.5) is 10.1 Å². The number of nitrogens with one attached hydrogen (secondary N) is 2. The summed E-state index contributed by atoms with van der Waals surface area (Å²) in [4.78, 5) is 24.0. The van der Waals surface area contributed by atoms with Crippen LogP contribution in [0.25, 0.3) is 0 Å². The third-order valence-electron chi connectivity index (χ3n) is 3.93. The molecule has 0 saturated heterocycles. The zero-order chi connectivity index (χ0) is 20.6. The lowest BCUT2D eigenvalue weighted by Crippen LogP contribution is -2.22. The lowest BCUT2D eigenvalue weighted by atomic mass is 10.1. The highest BCUT2D eigenvalue weighted by atomic mass is 32.2. The number of benzene rings is 2. The smallest absolute Gasteiger partial charge is 0.277 e. The Morgan fingerprint density at radius 3 is 2.48 bits per heavy atom. The maximum absolute atomic E-state index is 12.9. The first-order valence-electron chi connectivity index (χ1n) is 8.91. The molecule has 1 aromatic heterocycles. The fourth-order valence-electron chi connectivity index (χ4n) is 2.38. The number of thioether (sulfide) groups is 1. The van der Waals surface area contributed by atoms with Crippen LogP contribution in [0.15, 0.2) is 58.2 Å². The number of carbonyl (C=O) groups is 2. The number of aromatic nitrogens is 2. The molecule has 0 spiro atoms. The van der Waals surface area contributed by atoms with E-state index in [2.05, 4.69) is 27.8 Å². The molecule has 3 rings (SSSR count). The predicted molar refractivity (Wildman–Crippen MR) is 107 cm³/mol. The minimum Gasteiger partial charge on any atom is -0.414 e. The first kappa shape index (κ1) is 20.5. The van der Waals surface area contributed by atoms with Gasteiger partial charge in [0.25, 0.3) is 11.1 Å². The van der Waals surface area contributed by atoms with Crippen molar-refractivity contribution in [3.8, 4) is 0 Å². The van der Waals surface area contributed by atoms with Crippen LogP contribution >= 0.6 is 11.8 Å². The molecular weight excluding hydrogens is 395 g/mol. The monoisotopic (exact) mass is 414 g/mol. The summed E-state index contributed by atoms with van der Waals surface area (Å²) in [7, 11) is 0. The zero-order valence-electron chi connectivity index (χ0n) is 15.6. The Morgan fingerprint density at radius 1 is 1.07 bits per heavy atom. The topological polar surface area (TPSA) is 97.1 Å². The second-order valence-corrected chi connectivity index (χ2v) is 6.97. The summed E-state index contributed by atoms with van der Waals surface area (Å²) >= 11 is 1.10. The maximum Gasteiger partial charge on any atom is 0.277 e. The van der Waals surface area contributed by atoms with E-state index >= 15 is 0 Å². The Bertz CT molecular complexity index is 974. The molecule has 0 aliphatic carbocycles. The first-order valence-corrected chi connectivity index (χ1v) is 9.90. The average molecular weight is 414 g/mol. The van der Waals surface area contributed by atoms with Gasteiger partial charge in [0, 0.05) is 11.3 Å². The van der Waals surface area contributed by atoms with Gasteiger partial charge < -0.3 is 15.1 Å². The zero-order valence-corrected chi connectivity index (χ0v) is 16.5. The molecule has 0 saturated carbocycles. The van der Waals surface area contributed by atoms with E-state index in [0.717, 1.165) is 23.9 Å². The lowest BCUT2D eigenvalue weighted by Gasteiger charge is -2.04. The number of halogens is 1. The number of anilines is 1. The van der Waals surface area contributed by atoms with Crippen LogP contribution in [0.3, 0.4) is 0 Å². The second kappa shape index (κ2) is 9.83. The van der Waals surface area contributed by atoms with Crippen LogP contribution in [0, 0.1) is 5.82 Å². The second-order valence-electron chi connectivity index (χ2n) is 6.04. The number of amides is 2. The van der Waals surface area contributed by atoms with Crippen molar-refractivity contribution in [2.24, 2.45) is 0 Å². The van der Waals surface area contributed by atoms with Crippen molar-refractivity contribution in [1.29, 1.82) is 0 Å². The molecule has 2 N–H and O–H groups in total. The van der Waals surface area contributed by atoms with E-state index in [9.17, 15) is 14.0 Å². The third-order valence-corrected chi connectivity index (χ3v) is 4.75. The predicted octanol–water partition coefficient (Wildman–Crippen LogP) is 3.43. The number of nitrogens with zero attached hydrogens (tertiary/aromatic N) is 2. The van der Waals surface area contributed by atoms with E-state index in [-0.39, 0.29) is 35.2 Å². The van der Waals surface area contributed by atoms with Gasteiger partial charge in [0.1, 0.15) is 5.82 Å². The highest BCUT2D eigenvalue weighted by Crippen LogP contribution is 2.17. The molecule has 7 nitrogen and oxygen atoms in total. The van der Waals surface area contributed by atoms with Crippen LogP contribution in [0.2, 0.25) is 0 Å². The van der Waals surface area contributed by atoms with Gasteiger partial charge in [-0.3, -0.25) is 9.59 Å². The van der Waals surface area contributed by atoms with E-state index in [1.165, 1.54) is 29.8 Å². The van der Waals surface area contributed by atoms with E-state index < -0.39 is 5.82 Å². The van der Waals surface area contributed by atoms with Gasteiger partial charge >= 0.3 is 0 Å². The summed E-state index contributed by atoms with van der Waals surface area (Å²) in [6.45, 7) is 2.09. The van der Waals surface area contributed by atoms with Crippen molar-refractivity contribution in [2.45, 2.75) is 25.1 Å². The molecule has 0 fully saturated rings. The van der Waals surface area contributed by atoms with Gasteiger partial charge in [0.15, 0.2) is 0 Å². The van der Waals surface area contributed by atoms with E-state index in [1.807, 2.05) is 24.3 Å². The molecule has 150 valence electrons. The van der Waals surface area contributed by atoms with Gasteiger partial charge in [0.05, 0.1) is 12.3 Å². The number of aryl methyl sites for hydroxylation is 1. The normalized spacial score (nSPS) is 10.6. The van der Waals surface area contributed by atoms with Crippen molar-refractivity contribution in [3.05, 3.63) is 71.4 Å². The van der Waals surface area contributed by atoms with Crippen LogP contribution in [0.1, 0.15) is 28.7 Å². The summed E-state index contributed by atoms with van der Waals surface area (Å²) < 4.78 is 18.3. The lowest BCUT2D eigenvalue weighted by molar-refractivity contribution is -0.113. The van der Waals surface area contributed by atoms with Crippen LogP contribution in [-0.4, -0.2) is 27.8 Å². The van der Waals surface area contributed by atoms with Crippen LogP contribution in [0.5, 0.6) is 0 Å². The molecule has 3 aromatic rings. The van der Waals surface area contributed by atoms with Crippen molar-refractivity contribution in [1.82, 2.24) is 15.5 Å². The molecule has 0 aliphatic heterocycles. The largest absolute Gasteiger partial charge is 0.414 e. The minimum absolute atomic E-state index is 0.0275. The van der Waals surface area contributed by atoms with E-state index in [1.54, 1.807) is 0 Å². The third kappa shape index (κ3) is 6.15. The molecule has 0 aliphatic rings. The Kier molecular flexibility index (Phi) is 6.96. The Labute approximate surface area is 171 Å². The van der Waals surface area contributed by atoms with Crippen LogP contribution < -0.4 is 10.6 Å². The molecule has 2 aromatic carbocycles. The highest BCUT2D eigenvalue weighted by Gasteiger charge is 2.12. The summed E-state index contributed by atoms with van der Waals surface area (Å²) in [5.74, 6) is -0.672. The highest BCUT2D eigenvalue weighted by molar-refractivity contribution is 7.99. The summed E-state index contributed by atoms with van der Waals surface area (Å²) in [6.07, 6.45) is 0.938. The number of hydrogen-bond donors (Lipinski definition) is 2. The minimum atomic E-state index is -0.415. The quantitative estimate of drug-likeness (QED) is 0.548. The van der Waals surface area contributed by atoms with Crippen LogP contribution in [-0.2, 0) is 17.8 Å². The maximum atomic E-state index is 12.9. The summed E-state index contributed by atoms with van der Waals surface area (Å²) in [5, 5.41) is 13.3. The molecule has 2 amide bonds. The molecule has 0 unspecified atom stereocenters. The molecular formula is C20H19FN4O3S. The van der Waals surface area contributed by atoms with Gasteiger partial charge in [-0.2, -0.15) is 0 Å². The standard InChI is InChI=1S/C20H19FN4O3S/c1-2-13-3-9-16(10-4-13)23-17(26)12-29-20-25-24-18(28-20)11-22-19(27)14-5-7-15(21)8-6-14/h3-10H,2,11-12H2,1H3,(H,22,27)(H,23,26). The number of hydrogen-bond acceptors (Lipinski definition) is 6. The summed E-state index contributed by atoms with van der Waals surface area (Å²) in [5.41, 5.74) is 2.24. The van der Waals surface area contributed by atoms with Crippen molar-refractivity contribution in [3.63, 3.8) is 0 Å². The SMILES string of the molecule is CCc1ccc(NC(=O)CSc2nnc(CNC(=O)c3ccc(F)cc3)o2)cc1. The van der Waals surface area contributed by atoms with Gasteiger partial charge in [-0.05, 0) is 48.4 Å². The van der Waals surface area contributed by atoms with Gasteiger partial charge in [0.2, 0.25) is 11.8 Å². The fourth-order valence-corrected chi connectivity index (χ4v) is 2.96. The molecule has 0 radical (unpaired) electrons. The van der Waals surface area contributed by atoms with E-state index in [0.29, 0.717) is 5.56 Å². The Balaban J connectivity index is 1.44. The first-order chi connectivity index (χ1) is 14.0. The molecule has 9 heteroatoms. The molecule has 0 atom stereocenters. The Hall–Kier alpha value is -3.20. The summed E-state index contributed by atoms with van der Waals surface area (Å²) in [6, 6.07) is 12.8. The Morgan fingerprint density at radius 2 is 1.79 bits per heavy atom. The number of rotatable bonds is 8. The molecule has 0 bridgehead atoms. The average Bonchev–Trinajstić information content (AvgIpc) is 3.19. The number of carbonyl (C=O) groups excluding carboxylic acids is 2. The van der Waals surface area contributed by atoms with Gasteiger partial charge in [-0.1, -0.05) is 30.8 Å². The van der Waals surface area contributed by atoms with Crippen molar-refractivity contribution >= 4 is 29.3 Å². The van der Waals surface area contributed by atoms with Crippen molar-refractivity contribution in [2.75, 3.05) is 11.1 Å². The molecule has 1 heterocycles. The fraction of sp³-hybridized carbons (Fsp3) is 0.200. The van der Waals surface area contributed by atoms with E-state index in [4.69, 9.17) is 4.42 Å². The van der Waals surface area contributed by atoms with Gasteiger partial charge in [-0.25, -0.2) is 4.39 Å².